The van der Waals surface area contributed by atoms with E-state index in [1.165, 1.54) is 12.4 Å². The van der Waals surface area contributed by atoms with E-state index in [2.05, 4.69) is 15.5 Å². The number of aryl methyl sites for hydroxylation is 1. The van der Waals surface area contributed by atoms with Crippen molar-refractivity contribution >= 4 is 0 Å². The topological polar surface area (TPSA) is 51.0 Å². The van der Waals surface area contributed by atoms with E-state index in [9.17, 15) is 4.39 Å². The smallest absolute Gasteiger partial charge is 0.227 e. The number of benzene rings is 1. The highest BCUT2D eigenvalue weighted by Gasteiger charge is 2.01. The Kier molecular flexibility index (Phi) is 3.82. The van der Waals surface area contributed by atoms with Crippen molar-refractivity contribution < 1.29 is 8.91 Å². The second-order valence-electron chi connectivity index (χ2n) is 3.83. The van der Waals surface area contributed by atoms with E-state index in [0.29, 0.717) is 18.9 Å². The largest absolute Gasteiger partial charge is 0.340 e. The van der Waals surface area contributed by atoms with Gasteiger partial charge in [0, 0.05) is 19.5 Å². The number of aromatic nitrogens is 2. The van der Waals surface area contributed by atoms with Gasteiger partial charge in [0.05, 0.1) is 0 Å². The van der Waals surface area contributed by atoms with E-state index in [-0.39, 0.29) is 5.82 Å². The molecule has 0 saturated heterocycles. The van der Waals surface area contributed by atoms with Crippen molar-refractivity contribution in [1.82, 2.24) is 15.5 Å². The first-order valence-electron chi connectivity index (χ1n) is 5.47. The van der Waals surface area contributed by atoms with Crippen LogP contribution in [0, 0.1) is 12.7 Å². The summed E-state index contributed by atoms with van der Waals surface area (Å²) in [5.41, 5.74) is 2.05. The molecule has 1 N–H and O–H groups in total. The van der Waals surface area contributed by atoms with Crippen LogP contribution >= 0.6 is 0 Å². The zero-order chi connectivity index (χ0) is 12.1. The highest BCUT2D eigenvalue weighted by Crippen LogP contribution is 2.09. The molecular formula is C12H14FN3O. The van der Waals surface area contributed by atoms with Crippen LogP contribution in [0.25, 0.3) is 0 Å². The summed E-state index contributed by atoms with van der Waals surface area (Å²) in [7, 11) is 0. The van der Waals surface area contributed by atoms with Crippen LogP contribution in [0.1, 0.15) is 17.0 Å². The molecule has 5 heteroatoms. The molecule has 0 aliphatic carbocycles. The third-order valence-electron chi connectivity index (χ3n) is 2.55. The average Bonchev–Trinajstić information content (AvgIpc) is 2.82. The molecule has 2 rings (SSSR count). The van der Waals surface area contributed by atoms with E-state index >= 15 is 0 Å². The van der Waals surface area contributed by atoms with E-state index < -0.39 is 0 Å². The normalized spacial score (nSPS) is 10.7. The predicted octanol–water partition coefficient (Wildman–Crippen LogP) is 1.85. The second-order valence-corrected chi connectivity index (χ2v) is 3.83. The molecule has 90 valence electrons. The quantitative estimate of drug-likeness (QED) is 0.803. The SMILES string of the molecule is Cc1ccc(F)cc1CNCCc1ncno1. The zero-order valence-corrected chi connectivity index (χ0v) is 9.61. The number of hydrogen-bond donors (Lipinski definition) is 1. The molecule has 1 heterocycles. The van der Waals surface area contributed by atoms with Crippen molar-refractivity contribution in [2.75, 3.05) is 6.54 Å². The number of hydrogen-bond acceptors (Lipinski definition) is 4. The predicted molar refractivity (Wildman–Crippen MR) is 60.8 cm³/mol. The maximum atomic E-state index is 13.0. The fourth-order valence-corrected chi connectivity index (χ4v) is 1.56. The molecule has 0 atom stereocenters. The Morgan fingerprint density at radius 3 is 3.06 bits per heavy atom. The molecular weight excluding hydrogens is 221 g/mol. The molecule has 0 bridgehead atoms. The van der Waals surface area contributed by atoms with Crippen LogP contribution in [0.15, 0.2) is 29.0 Å². The second kappa shape index (κ2) is 5.54. The standard InChI is InChI=1S/C12H14FN3O/c1-9-2-3-11(13)6-10(9)7-14-5-4-12-15-8-16-17-12/h2-3,6,8,14H,4-5,7H2,1H3. The molecule has 0 amide bonds. The third kappa shape index (κ3) is 3.35. The molecule has 0 aliphatic rings. The van der Waals surface area contributed by atoms with Gasteiger partial charge in [-0.2, -0.15) is 4.98 Å². The minimum Gasteiger partial charge on any atom is -0.340 e. The van der Waals surface area contributed by atoms with Gasteiger partial charge < -0.3 is 9.84 Å². The minimum atomic E-state index is -0.204. The molecule has 0 saturated carbocycles. The van der Waals surface area contributed by atoms with E-state index in [1.54, 1.807) is 12.1 Å². The van der Waals surface area contributed by atoms with Crippen LogP contribution < -0.4 is 5.32 Å². The van der Waals surface area contributed by atoms with Gasteiger partial charge in [0.25, 0.3) is 0 Å². The van der Waals surface area contributed by atoms with Crippen molar-refractivity contribution in [3.63, 3.8) is 0 Å². The van der Waals surface area contributed by atoms with Gasteiger partial charge in [-0.15, -0.1) is 0 Å². The molecule has 0 aliphatic heterocycles. The van der Waals surface area contributed by atoms with Gasteiger partial charge >= 0.3 is 0 Å². The average molecular weight is 235 g/mol. The van der Waals surface area contributed by atoms with Gasteiger partial charge in [-0.25, -0.2) is 4.39 Å². The van der Waals surface area contributed by atoms with E-state index in [0.717, 1.165) is 17.7 Å². The van der Waals surface area contributed by atoms with Crippen LogP contribution in [0.2, 0.25) is 0 Å². The Morgan fingerprint density at radius 1 is 1.41 bits per heavy atom. The van der Waals surface area contributed by atoms with Crippen molar-refractivity contribution in [2.45, 2.75) is 19.9 Å². The number of halogens is 1. The van der Waals surface area contributed by atoms with Crippen molar-refractivity contribution in [1.29, 1.82) is 0 Å². The van der Waals surface area contributed by atoms with E-state index in [1.807, 2.05) is 6.92 Å². The Hall–Kier alpha value is -1.75. The van der Waals surface area contributed by atoms with E-state index in [4.69, 9.17) is 4.52 Å². The lowest BCUT2D eigenvalue weighted by molar-refractivity contribution is 0.375. The number of nitrogens with one attached hydrogen (secondary N) is 1. The van der Waals surface area contributed by atoms with Crippen LogP contribution in [0.4, 0.5) is 4.39 Å². The summed E-state index contributed by atoms with van der Waals surface area (Å²) in [5, 5.41) is 6.73. The summed E-state index contributed by atoms with van der Waals surface area (Å²) < 4.78 is 17.9. The fourth-order valence-electron chi connectivity index (χ4n) is 1.56. The lowest BCUT2D eigenvalue weighted by Gasteiger charge is -2.06. The highest BCUT2D eigenvalue weighted by atomic mass is 19.1. The molecule has 0 radical (unpaired) electrons. The molecule has 17 heavy (non-hydrogen) atoms. The van der Waals surface area contributed by atoms with Gasteiger partial charge in [-0.1, -0.05) is 11.2 Å². The molecule has 0 fully saturated rings. The lowest BCUT2D eigenvalue weighted by atomic mass is 10.1. The van der Waals surface area contributed by atoms with Gasteiger partial charge in [-0.05, 0) is 30.2 Å². The molecule has 4 nitrogen and oxygen atoms in total. The minimum absolute atomic E-state index is 0.204. The van der Waals surface area contributed by atoms with Crippen LogP contribution in [-0.4, -0.2) is 16.7 Å². The zero-order valence-electron chi connectivity index (χ0n) is 9.61. The molecule has 0 spiro atoms. The van der Waals surface area contributed by atoms with Gasteiger partial charge in [0.15, 0.2) is 6.33 Å². The maximum absolute atomic E-state index is 13.0. The van der Waals surface area contributed by atoms with Crippen LogP contribution in [0.5, 0.6) is 0 Å². The van der Waals surface area contributed by atoms with Crippen molar-refractivity contribution in [3.8, 4) is 0 Å². The summed E-state index contributed by atoms with van der Waals surface area (Å²) in [4.78, 5) is 3.91. The Balaban J connectivity index is 1.80. The first kappa shape index (κ1) is 11.7. The summed E-state index contributed by atoms with van der Waals surface area (Å²) in [6.07, 6.45) is 2.06. The fraction of sp³-hybridized carbons (Fsp3) is 0.333. The highest BCUT2D eigenvalue weighted by molar-refractivity contribution is 5.26. The summed E-state index contributed by atoms with van der Waals surface area (Å²) in [6, 6.07) is 4.80. The van der Waals surface area contributed by atoms with Gasteiger partial charge in [-0.3, -0.25) is 0 Å². The number of nitrogens with zero attached hydrogens (tertiary/aromatic N) is 2. The monoisotopic (exact) mass is 235 g/mol. The van der Waals surface area contributed by atoms with Gasteiger partial charge in [0.1, 0.15) is 5.82 Å². The molecule has 1 aromatic carbocycles. The Labute approximate surface area is 98.8 Å². The molecule has 2 aromatic rings. The van der Waals surface area contributed by atoms with Crippen LogP contribution in [-0.2, 0) is 13.0 Å². The summed E-state index contributed by atoms with van der Waals surface area (Å²) >= 11 is 0. The lowest BCUT2D eigenvalue weighted by Crippen LogP contribution is -2.17. The first-order valence-corrected chi connectivity index (χ1v) is 5.47. The van der Waals surface area contributed by atoms with Crippen molar-refractivity contribution in [3.05, 3.63) is 47.4 Å². The molecule has 0 unspecified atom stereocenters. The van der Waals surface area contributed by atoms with Gasteiger partial charge in [0.2, 0.25) is 5.89 Å². The van der Waals surface area contributed by atoms with Crippen LogP contribution in [0.3, 0.4) is 0 Å². The Bertz CT molecular complexity index is 471. The Morgan fingerprint density at radius 2 is 2.29 bits per heavy atom. The maximum Gasteiger partial charge on any atom is 0.227 e. The summed E-state index contributed by atoms with van der Waals surface area (Å²) in [6.45, 7) is 3.32. The summed E-state index contributed by atoms with van der Waals surface area (Å²) in [5.74, 6) is 0.401. The van der Waals surface area contributed by atoms with Crippen molar-refractivity contribution in [2.24, 2.45) is 0 Å². The first-order chi connectivity index (χ1) is 8.25. The third-order valence-corrected chi connectivity index (χ3v) is 2.55. The molecule has 1 aromatic heterocycles. The number of rotatable bonds is 5.